The van der Waals surface area contributed by atoms with Gasteiger partial charge in [0.1, 0.15) is 18.4 Å². The molecule has 1 saturated heterocycles. The molecule has 1 aliphatic heterocycles. The Morgan fingerprint density at radius 2 is 1.56 bits per heavy atom. The van der Waals surface area contributed by atoms with E-state index in [2.05, 4.69) is 12.2 Å². The maximum absolute atomic E-state index is 13.1. The Morgan fingerprint density at radius 3 is 2.19 bits per heavy atom. The summed E-state index contributed by atoms with van der Waals surface area (Å²) in [6, 6.07) is 5.88. The number of carbonyl (C=O) groups is 3. The number of unbranched alkanes of at least 4 members (excludes halogenated alkanes) is 9. The van der Waals surface area contributed by atoms with Gasteiger partial charge in [0.15, 0.2) is 0 Å². The summed E-state index contributed by atoms with van der Waals surface area (Å²) >= 11 is 0. The van der Waals surface area contributed by atoms with E-state index in [-0.39, 0.29) is 18.2 Å². The van der Waals surface area contributed by atoms with E-state index in [1.54, 1.807) is 31.4 Å². The summed E-state index contributed by atoms with van der Waals surface area (Å²) < 4.78 is 15.9. The van der Waals surface area contributed by atoms with Gasteiger partial charge in [0.2, 0.25) is 5.91 Å². The summed E-state index contributed by atoms with van der Waals surface area (Å²) in [4.78, 5) is 39.5. The second kappa shape index (κ2) is 17.8. The number of benzene rings is 1. The van der Waals surface area contributed by atoms with Gasteiger partial charge in [-0.05, 0) is 30.7 Å². The van der Waals surface area contributed by atoms with Crippen LogP contribution < -0.4 is 10.1 Å². The normalized spacial score (nSPS) is 15.4. The fourth-order valence-corrected chi connectivity index (χ4v) is 4.26. The lowest BCUT2D eigenvalue weighted by Gasteiger charge is -2.34. The van der Waals surface area contributed by atoms with Crippen LogP contribution in [0.2, 0.25) is 0 Å². The summed E-state index contributed by atoms with van der Waals surface area (Å²) in [5, 5.41) is 2.75. The number of amides is 2. The van der Waals surface area contributed by atoms with Gasteiger partial charge in [-0.25, -0.2) is 0 Å². The summed E-state index contributed by atoms with van der Waals surface area (Å²) in [6.07, 6.45) is 11.9. The predicted octanol–water partition coefficient (Wildman–Crippen LogP) is 4.51. The molecule has 36 heavy (non-hydrogen) atoms. The van der Waals surface area contributed by atoms with Crippen molar-refractivity contribution in [2.24, 2.45) is 0 Å². The first-order valence-electron chi connectivity index (χ1n) is 13.5. The molecule has 202 valence electrons. The third-order valence-corrected chi connectivity index (χ3v) is 6.37. The van der Waals surface area contributed by atoms with E-state index < -0.39 is 12.0 Å². The van der Waals surface area contributed by atoms with Crippen molar-refractivity contribution < 1.29 is 28.6 Å². The van der Waals surface area contributed by atoms with Gasteiger partial charge in [-0.3, -0.25) is 14.4 Å². The van der Waals surface area contributed by atoms with Gasteiger partial charge < -0.3 is 24.4 Å². The average Bonchev–Trinajstić information content (AvgIpc) is 2.88. The number of hydrogen-bond donors (Lipinski definition) is 1. The van der Waals surface area contributed by atoms with Crippen LogP contribution in [-0.2, 0) is 19.1 Å². The number of nitrogens with one attached hydrogen (secondary N) is 1. The summed E-state index contributed by atoms with van der Waals surface area (Å²) in [5.41, 5.74) is 0.438. The predicted molar refractivity (Wildman–Crippen MR) is 139 cm³/mol. The Morgan fingerprint density at radius 1 is 0.917 bits per heavy atom. The van der Waals surface area contributed by atoms with Gasteiger partial charge in [-0.15, -0.1) is 0 Å². The molecule has 1 aromatic carbocycles. The fourth-order valence-electron chi connectivity index (χ4n) is 4.26. The highest BCUT2D eigenvalue weighted by Gasteiger charge is 2.35. The summed E-state index contributed by atoms with van der Waals surface area (Å²) in [7, 11) is 1.60. The van der Waals surface area contributed by atoms with Crippen molar-refractivity contribution in [3.63, 3.8) is 0 Å². The van der Waals surface area contributed by atoms with Crippen molar-refractivity contribution in [1.82, 2.24) is 10.2 Å². The Kier molecular flexibility index (Phi) is 14.6. The number of carbonyl (C=O) groups excluding carboxylic acids is 3. The van der Waals surface area contributed by atoms with E-state index in [9.17, 15) is 14.4 Å². The molecule has 0 bridgehead atoms. The number of nitrogens with zero attached hydrogens (tertiary/aromatic N) is 1. The zero-order valence-electron chi connectivity index (χ0n) is 22.1. The number of hydrogen-bond acceptors (Lipinski definition) is 6. The van der Waals surface area contributed by atoms with Crippen LogP contribution in [0.15, 0.2) is 24.3 Å². The van der Waals surface area contributed by atoms with E-state index in [0.717, 1.165) is 19.3 Å². The van der Waals surface area contributed by atoms with Crippen LogP contribution in [0.25, 0.3) is 0 Å². The lowest BCUT2D eigenvalue weighted by molar-refractivity contribution is -0.147. The third kappa shape index (κ3) is 11.0. The molecular weight excluding hydrogens is 460 g/mol. The number of piperazine rings is 1. The number of esters is 1. The van der Waals surface area contributed by atoms with Crippen molar-refractivity contribution in [1.29, 1.82) is 0 Å². The smallest absolute Gasteiger partial charge is 0.308 e. The van der Waals surface area contributed by atoms with Crippen molar-refractivity contribution >= 4 is 17.8 Å². The molecule has 0 radical (unpaired) electrons. The second-order valence-electron chi connectivity index (χ2n) is 9.28. The van der Waals surface area contributed by atoms with Crippen LogP contribution in [0.4, 0.5) is 0 Å². The van der Waals surface area contributed by atoms with E-state index >= 15 is 0 Å². The highest BCUT2D eigenvalue weighted by molar-refractivity contribution is 5.99. The maximum atomic E-state index is 13.1. The topological polar surface area (TPSA) is 94.2 Å². The first kappa shape index (κ1) is 29.6. The molecule has 2 amide bonds. The van der Waals surface area contributed by atoms with E-state index in [1.165, 1.54) is 49.8 Å². The molecule has 8 nitrogen and oxygen atoms in total. The molecule has 0 aliphatic carbocycles. The Bertz CT molecular complexity index is 783. The van der Waals surface area contributed by atoms with Crippen LogP contribution in [0, 0.1) is 0 Å². The molecule has 1 unspecified atom stereocenters. The lowest BCUT2D eigenvalue weighted by atomic mass is 10.1. The van der Waals surface area contributed by atoms with E-state index in [0.29, 0.717) is 44.2 Å². The van der Waals surface area contributed by atoms with Crippen molar-refractivity contribution in [3.05, 3.63) is 29.8 Å². The molecule has 0 spiro atoms. The van der Waals surface area contributed by atoms with E-state index in [1.807, 2.05) is 0 Å². The highest BCUT2D eigenvalue weighted by Crippen LogP contribution is 2.18. The van der Waals surface area contributed by atoms with Gasteiger partial charge in [0.25, 0.3) is 5.91 Å². The van der Waals surface area contributed by atoms with Crippen LogP contribution in [0.5, 0.6) is 5.75 Å². The number of methoxy groups -OCH3 is 1. The maximum Gasteiger partial charge on any atom is 0.308 e. The molecule has 1 heterocycles. The van der Waals surface area contributed by atoms with Gasteiger partial charge >= 0.3 is 5.97 Å². The zero-order valence-corrected chi connectivity index (χ0v) is 22.1. The van der Waals surface area contributed by atoms with Gasteiger partial charge in [0.05, 0.1) is 19.6 Å². The summed E-state index contributed by atoms with van der Waals surface area (Å²) in [5.74, 6) is -0.439. The molecule has 8 heteroatoms. The standard InChI is InChI=1S/C28H44N2O6/c1-3-4-5-6-7-8-9-10-11-12-19-36-26(31)22-25-27(32)29-17-18-30(25)28(33)23-13-15-24(16-14-23)35-21-20-34-2/h13-16,25H,3-12,17-22H2,1-2H3,(H,29,32). The average molecular weight is 505 g/mol. The number of ether oxygens (including phenoxy) is 3. The van der Waals surface area contributed by atoms with Gasteiger partial charge in [0, 0.05) is 25.8 Å². The largest absolute Gasteiger partial charge is 0.491 e. The molecule has 0 saturated carbocycles. The highest BCUT2D eigenvalue weighted by atomic mass is 16.5. The third-order valence-electron chi connectivity index (χ3n) is 6.37. The minimum atomic E-state index is -0.871. The van der Waals surface area contributed by atoms with Gasteiger partial charge in [-0.2, -0.15) is 0 Å². The molecule has 0 aromatic heterocycles. The van der Waals surface area contributed by atoms with Gasteiger partial charge in [-0.1, -0.05) is 64.7 Å². The first-order chi connectivity index (χ1) is 17.6. The number of rotatable bonds is 18. The molecular formula is C28H44N2O6. The fraction of sp³-hybridized carbons (Fsp3) is 0.679. The Labute approximate surface area is 216 Å². The van der Waals surface area contributed by atoms with E-state index in [4.69, 9.17) is 14.2 Å². The Hall–Kier alpha value is -2.61. The van der Waals surface area contributed by atoms with Crippen molar-refractivity contribution in [2.45, 2.75) is 83.6 Å². The minimum absolute atomic E-state index is 0.145. The quantitative estimate of drug-likeness (QED) is 0.234. The second-order valence-corrected chi connectivity index (χ2v) is 9.28. The molecule has 1 atom stereocenters. The van der Waals surface area contributed by atoms with Crippen LogP contribution in [0.1, 0.15) is 87.9 Å². The molecule has 1 fully saturated rings. The van der Waals surface area contributed by atoms with Crippen molar-refractivity contribution in [3.8, 4) is 5.75 Å². The van der Waals surface area contributed by atoms with Crippen molar-refractivity contribution in [2.75, 3.05) is 40.0 Å². The molecule has 1 N–H and O–H groups in total. The van der Waals surface area contributed by atoms with Crippen LogP contribution in [-0.4, -0.2) is 68.7 Å². The molecule has 1 aromatic rings. The molecule has 1 aliphatic rings. The Balaban J connectivity index is 1.72. The minimum Gasteiger partial charge on any atom is -0.491 e. The monoisotopic (exact) mass is 504 g/mol. The first-order valence-corrected chi connectivity index (χ1v) is 13.5. The van der Waals surface area contributed by atoms with Crippen LogP contribution >= 0.6 is 0 Å². The van der Waals surface area contributed by atoms with Crippen LogP contribution in [0.3, 0.4) is 0 Å². The summed E-state index contributed by atoms with van der Waals surface area (Å²) in [6.45, 7) is 4.16. The molecule has 2 rings (SSSR count). The SMILES string of the molecule is CCCCCCCCCCCCOC(=O)CC1C(=O)NCCN1C(=O)c1ccc(OCCOC)cc1. The lowest BCUT2D eigenvalue weighted by Crippen LogP contribution is -2.57. The zero-order chi connectivity index (χ0) is 26.0.